The van der Waals surface area contributed by atoms with Crippen LogP contribution in [0.4, 0.5) is 0 Å². The molecule has 2 aromatic rings. The molecule has 0 spiro atoms. The predicted molar refractivity (Wildman–Crippen MR) is 94.3 cm³/mol. The number of nitrogens with zero attached hydrogens (tertiary/aromatic N) is 4. The van der Waals surface area contributed by atoms with E-state index in [1.165, 1.54) is 0 Å². The van der Waals surface area contributed by atoms with Gasteiger partial charge in [-0.05, 0) is 37.8 Å². The largest absolute Gasteiger partial charge is 0.332 e. The van der Waals surface area contributed by atoms with Crippen LogP contribution in [0, 0.1) is 0 Å². The molecule has 0 radical (unpaired) electrons. The van der Waals surface area contributed by atoms with Crippen molar-refractivity contribution in [2.45, 2.75) is 51.5 Å². The van der Waals surface area contributed by atoms with E-state index in [9.17, 15) is 8.42 Å². The first-order valence-electron chi connectivity index (χ1n) is 8.83. The van der Waals surface area contributed by atoms with Gasteiger partial charge in [0.25, 0.3) is 5.89 Å². The van der Waals surface area contributed by atoms with Gasteiger partial charge < -0.3 is 4.52 Å². The standard InChI is InChI=1S/C17H24N4O3S/c1-2-3-13-25(22,23)21-12-6-7-14(21)9-10-16-19-17(24-20-16)15-8-4-5-11-18-15/h4-5,8,11,14H,2-3,6-7,9-10,12-13H2,1H3. The lowest BCUT2D eigenvalue weighted by Gasteiger charge is -2.23. The molecule has 0 bridgehead atoms. The highest BCUT2D eigenvalue weighted by atomic mass is 32.2. The summed E-state index contributed by atoms with van der Waals surface area (Å²) in [5.41, 5.74) is 0.644. The summed E-state index contributed by atoms with van der Waals surface area (Å²) in [5, 5.41) is 4.00. The average molecular weight is 364 g/mol. The number of pyridine rings is 1. The third kappa shape index (κ3) is 4.43. The third-order valence-corrected chi connectivity index (χ3v) is 6.49. The average Bonchev–Trinajstić information content (AvgIpc) is 3.28. The minimum Gasteiger partial charge on any atom is -0.332 e. The second-order valence-electron chi connectivity index (χ2n) is 6.35. The molecule has 136 valence electrons. The molecule has 1 atom stereocenters. The van der Waals surface area contributed by atoms with E-state index in [1.54, 1.807) is 10.5 Å². The van der Waals surface area contributed by atoms with Gasteiger partial charge in [0.05, 0.1) is 5.75 Å². The van der Waals surface area contributed by atoms with Crippen molar-refractivity contribution in [3.05, 3.63) is 30.2 Å². The van der Waals surface area contributed by atoms with Crippen LogP contribution in [0.3, 0.4) is 0 Å². The second-order valence-corrected chi connectivity index (χ2v) is 8.39. The minimum atomic E-state index is -3.15. The van der Waals surface area contributed by atoms with Gasteiger partial charge in [-0.15, -0.1) is 0 Å². The summed E-state index contributed by atoms with van der Waals surface area (Å²) in [6.45, 7) is 2.63. The molecule has 0 aliphatic carbocycles. The van der Waals surface area contributed by atoms with Gasteiger partial charge in [0.15, 0.2) is 5.82 Å². The fraction of sp³-hybridized carbons (Fsp3) is 0.588. The Labute approximate surface area is 148 Å². The van der Waals surface area contributed by atoms with Gasteiger partial charge in [-0.2, -0.15) is 9.29 Å². The molecule has 8 heteroatoms. The first-order chi connectivity index (χ1) is 12.1. The predicted octanol–water partition coefficient (Wildman–Crippen LogP) is 2.66. The quantitative estimate of drug-likeness (QED) is 0.715. The van der Waals surface area contributed by atoms with Gasteiger partial charge in [-0.1, -0.05) is 24.6 Å². The number of unbranched alkanes of at least 4 members (excludes halogenated alkanes) is 1. The maximum Gasteiger partial charge on any atom is 0.276 e. The van der Waals surface area contributed by atoms with Crippen molar-refractivity contribution < 1.29 is 12.9 Å². The van der Waals surface area contributed by atoms with Crippen molar-refractivity contribution in [2.75, 3.05) is 12.3 Å². The highest BCUT2D eigenvalue weighted by Crippen LogP contribution is 2.25. The zero-order valence-corrected chi connectivity index (χ0v) is 15.3. The number of aromatic nitrogens is 3. The molecule has 1 aliphatic rings. The van der Waals surface area contributed by atoms with Crippen LogP contribution in [0.15, 0.2) is 28.9 Å². The normalized spacial score (nSPS) is 18.7. The first-order valence-corrected chi connectivity index (χ1v) is 10.4. The number of sulfonamides is 1. The van der Waals surface area contributed by atoms with Crippen LogP contribution in [0.2, 0.25) is 0 Å². The van der Waals surface area contributed by atoms with E-state index in [-0.39, 0.29) is 11.8 Å². The highest BCUT2D eigenvalue weighted by molar-refractivity contribution is 7.89. The maximum absolute atomic E-state index is 12.5. The van der Waals surface area contributed by atoms with Crippen molar-refractivity contribution in [1.29, 1.82) is 0 Å². The number of aryl methyl sites for hydroxylation is 1. The Bertz CT molecular complexity index is 776. The van der Waals surface area contributed by atoms with Crippen LogP contribution in [0.1, 0.15) is 44.9 Å². The Morgan fingerprint density at radius 2 is 2.24 bits per heavy atom. The highest BCUT2D eigenvalue weighted by Gasteiger charge is 2.33. The number of hydrogen-bond donors (Lipinski definition) is 0. The first kappa shape index (κ1) is 18.0. The SMILES string of the molecule is CCCCS(=O)(=O)N1CCCC1CCc1noc(-c2ccccn2)n1. The molecule has 1 fully saturated rings. The van der Waals surface area contributed by atoms with Crippen LogP contribution in [0.25, 0.3) is 11.6 Å². The smallest absolute Gasteiger partial charge is 0.276 e. The zero-order valence-electron chi connectivity index (χ0n) is 14.5. The molecule has 3 heterocycles. The molecule has 7 nitrogen and oxygen atoms in total. The summed E-state index contributed by atoms with van der Waals surface area (Å²) in [6, 6.07) is 5.55. The number of hydrogen-bond acceptors (Lipinski definition) is 6. The molecule has 1 saturated heterocycles. The summed E-state index contributed by atoms with van der Waals surface area (Å²) in [5.74, 6) is 1.24. The lowest BCUT2D eigenvalue weighted by atomic mass is 10.1. The number of rotatable bonds is 8. The topological polar surface area (TPSA) is 89.2 Å². The fourth-order valence-corrected chi connectivity index (χ4v) is 5.11. The van der Waals surface area contributed by atoms with Gasteiger partial charge in [0.2, 0.25) is 10.0 Å². The van der Waals surface area contributed by atoms with E-state index in [1.807, 2.05) is 25.1 Å². The summed E-state index contributed by atoms with van der Waals surface area (Å²) in [4.78, 5) is 8.56. The van der Waals surface area contributed by atoms with Crippen molar-refractivity contribution in [3.63, 3.8) is 0 Å². The molecule has 3 rings (SSSR count). The summed E-state index contributed by atoms with van der Waals surface area (Å²) in [6.07, 6.45) is 6.41. The molecular formula is C17H24N4O3S. The molecule has 0 N–H and O–H groups in total. The molecule has 0 saturated carbocycles. The lowest BCUT2D eigenvalue weighted by Crippen LogP contribution is -2.37. The zero-order chi connectivity index (χ0) is 17.7. The van der Waals surface area contributed by atoms with Gasteiger partial charge >= 0.3 is 0 Å². The van der Waals surface area contributed by atoms with Crippen LogP contribution in [-0.2, 0) is 16.4 Å². The van der Waals surface area contributed by atoms with E-state index >= 15 is 0 Å². The Balaban J connectivity index is 1.60. The van der Waals surface area contributed by atoms with Crippen molar-refractivity contribution in [2.24, 2.45) is 0 Å². The molecule has 0 aromatic carbocycles. The molecule has 0 amide bonds. The fourth-order valence-electron chi connectivity index (χ4n) is 3.15. The lowest BCUT2D eigenvalue weighted by molar-refractivity contribution is 0.364. The monoisotopic (exact) mass is 364 g/mol. The second kappa shape index (κ2) is 8.05. The third-order valence-electron chi connectivity index (χ3n) is 4.49. The Hall–Kier alpha value is -1.80. The van der Waals surface area contributed by atoms with Crippen LogP contribution in [0.5, 0.6) is 0 Å². The summed E-state index contributed by atoms with van der Waals surface area (Å²) < 4.78 is 31.9. The molecular weight excluding hydrogens is 340 g/mol. The molecule has 1 aliphatic heterocycles. The van der Waals surface area contributed by atoms with Gasteiger partial charge in [-0.25, -0.2) is 8.42 Å². The molecule has 2 aromatic heterocycles. The van der Waals surface area contributed by atoms with Gasteiger partial charge in [-0.3, -0.25) is 4.98 Å². The maximum atomic E-state index is 12.5. The summed E-state index contributed by atoms with van der Waals surface area (Å²) in [7, 11) is -3.15. The minimum absolute atomic E-state index is 0.0404. The van der Waals surface area contributed by atoms with E-state index in [2.05, 4.69) is 15.1 Å². The van der Waals surface area contributed by atoms with Crippen molar-refractivity contribution >= 4 is 10.0 Å². The van der Waals surface area contributed by atoms with Crippen molar-refractivity contribution in [3.8, 4) is 11.6 Å². The Morgan fingerprint density at radius 3 is 3.00 bits per heavy atom. The van der Waals surface area contributed by atoms with Crippen LogP contribution in [-0.4, -0.2) is 46.2 Å². The van der Waals surface area contributed by atoms with E-state index in [0.717, 1.165) is 19.3 Å². The van der Waals surface area contributed by atoms with Gasteiger partial charge in [0.1, 0.15) is 5.69 Å². The van der Waals surface area contributed by atoms with E-state index < -0.39 is 10.0 Å². The van der Waals surface area contributed by atoms with E-state index in [4.69, 9.17) is 4.52 Å². The molecule has 1 unspecified atom stereocenters. The van der Waals surface area contributed by atoms with E-state index in [0.29, 0.717) is 43.2 Å². The van der Waals surface area contributed by atoms with Gasteiger partial charge in [0, 0.05) is 25.2 Å². The van der Waals surface area contributed by atoms with Crippen LogP contribution < -0.4 is 0 Å². The Kier molecular flexibility index (Phi) is 5.80. The van der Waals surface area contributed by atoms with Crippen molar-refractivity contribution in [1.82, 2.24) is 19.4 Å². The van der Waals surface area contributed by atoms with Crippen LogP contribution >= 0.6 is 0 Å². The molecule has 25 heavy (non-hydrogen) atoms. The summed E-state index contributed by atoms with van der Waals surface area (Å²) >= 11 is 0. The Morgan fingerprint density at radius 1 is 1.36 bits per heavy atom.